The highest BCUT2D eigenvalue weighted by molar-refractivity contribution is 5.90. The predicted molar refractivity (Wildman–Crippen MR) is 98.1 cm³/mol. The Balaban J connectivity index is 2.03. The number of carbonyl (C=O) groups excluding carboxylic acids is 2. The fraction of sp³-hybridized carbons (Fsp3) is 0.250. The number of hydrogen-bond acceptors (Lipinski definition) is 6. The summed E-state index contributed by atoms with van der Waals surface area (Å²) in [6, 6.07) is 16.8. The number of amides is 1. The Morgan fingerprint density at radius 1 is 0.964 bits per heavy atom. The molecule has 0 saturated heterocycles. The van der Waals surface area contributed by atoms with Crippen LogP contribution in [0.25, 0.3) is 0 Å². The van der Waals surface area contributed by atoms with E-state index in [0.717, 1.165) is 0 Å². The van der Waals surface area contributed by atoms with Gasteiger partial charge in [-0.1, -0.05) is 60.7 Å². The third kappa shape index (κ3) is 5.15. The van der Waals surface area contributed by atoms with Gasteiger partial charge in [-0.2, -0.15) is 0 Å². The van der Waals surface area contributed by atoms with Gasteiger partial charge in [-0.05, 0) is 11.1 Å². The fourth-order valence-corrected chi connectivity index (χ4v) is 2.58. The number of nitrogens with one attached hydrogen (secondary N) is 1. The first-order valence-corrected chi connectivity index (χ1v) is 8.54. The minimum absolute atomic E-state index is 0.133. The van der Waals surface area contributed by atoms with Crippen LogP contribution in [0.15, 0.2) is 60.7 Å². The molecule has 0 heterocycles. The normalized spacial score (nSPS) is 12.1. The van der Waals surface area contributed by atoms with Crippen molar-refractivity contribution in [2.45, 2.75) is 18.1 Å². The lowest BCUT2D eigenvalue weighted by atomic mass is 9.85. The number of aliphatic carboxylic acids is 1. The lowest BCUT2D eigenvalue weighted by Crippen LogP contribution is -2.46. The van der Waals surface area contributed by atoms with Gasteiger partial charge in [-0.15, -0.1) is 0 Å². The first kappa shape index (κ1) is 21.1. The fourth-order valence-electron chi connectivity index (χ4n) is 2.58. The molecule has 1 amide bonds. The number of aliphatic hydroxyl groups is 2. The van der Waals surface area contributed by atoms with Crippen molar-refractivity contribution in [2.75, 3.05) is 13.2 Å². The minimum Gasteiger partial charge on any atom is -0.481 e. The molecule has 0 radical (unpaired) electrons. The van der Waals surface area contributed by atoms with E-state index in [0.29, 0.717) is 11.1 Å². The molecule has 0 fully saturated rings. The number of ether oxygens (including phenoxy) is 1. The van der Waals surface area contributed by atoms with E-state index in [9.17, 15) is 24.6 Å². The van der Waals surface area contributed by atoms with E-state index in [1.165, 1.54) is 0 Å². The maximum absolute atomic E-state index is 12.8. The van der Waals surface area contributed by atoms with Crippen molar-refractivity contribution in [3.63, 3.8) is 0 Å². The number of aliphatic hydroxyl groups excluding tert-OH is 1. The second kappa shape index (κ2) is 9.63. The van der Waals surface area contributed by atoms with Gasteiger partial charge in [0.1, 0.15) is 6.61 Å². The molecule has 1 atom stereocenters. The van der Waals surface area contributed by atoms with Gasteiger partial charge in [-0.25, -0.2) is 4.79 Å². The molecule has 2 rings (SSSR count). The Hall–Kier alpha value is -3.23. The Bertz CT molecular complexity index is 768. The van der Waals surface area contributed by atoms with Crippen molar-refractivity contribution in [1.82, 2.24) is 5.32 Å². The number of carboxylic acids is 1. The van der Waals surface area contributed by atoms with Crippen LogP contribution in [0.1, 0.15) is 17.5 Å². The summed E-state index contributed by atoms with van der Waals surface area (Å²) in [5.74, 6) is -3.15. The molecule has 0 aliphatic rings. The van der Waals surface area contributed by atoms with Crippen LogP contribution >= 0.6 is 0 Å². The average molecular weight is 387 g/mol. The molecular weight excluding hydrogens is 366 g/mol. The molecule has 0 spiro atoms. The number of carboxylic acid groups (broad SMARTS) is 1. The zero-order valence-electron chi connectivity index (χ0n) is 14.9. The van der Waals surface area contributed by atoms with E-state index in [1.54, 1.807) is 60.7 Å². The van der Waals surface area contributed by atoms with E-state index in [-0.39, 0.29) is 13.2 Å². The third-order valence-corrected chi connectivity index (χ3v) is 3.98. The molecule has 0 aliphatic carbocycles. The van der Waals surface area contributed by atoms with Crippen molar-refractivity contribution < 1.29 is 34.4 Å². The zero-order valence-corrected chi connectivity index (χ0v) is 14.9. The molecule has 4 N–H and O–H groups in total. The van der Waals surface area contributed by atoms with Gasteiger partial charge in [0, 0.05) is 0 Å². The van der Waals surface area contributed by atoms with Crippen molar-refractivity contribution in [3.8, 4) is 0 Å². The Morgan fingerprint density at radius 3 is 1.93 bits per heavy atom. The highest BCUT2D eigenvalue weighted by Crippen LogP contribution is 2.29. The summed E-state index contributed by atoms with van der Waals surface area (Å²) < 4.78 is 4.73. The Kier molecular flexibility index (Phi) is 7.25. The smallest absolute Gasteiger partial charge is 0.335 e. The summed E-state index contributed by atoms with van der Waals surface area (Å²) in [6.07, 6.45) is -2.55. The van der Waals surface area contributed by atoms with E-state index in [1.807, 2.05) is 0 Å². The summed E-state index contributed by atoms with van der Waals surface area (Å²) in [6.45, 7) is -0.423. The quantitative estimate of drug-likeness (QED) is 0.362. The molecule has 28 heavy (non-hydrogen) atoms. The van der Waals surface area contributed by atoms with Crippen LogP contribution < -0.4 is 5.32 Å². The van der Waals surface area contributed by atoms with Crippen molar-refractivity contribution in [2.24, 2.45) is 0 Å². The van der Waals surface area contributed by atoms with Crippen LogP contribution in [0.3, 0.4) is 0 Å². The van der Waals surface area contributed by atoms with Gasteiger partial charge in [0.15, 0.2) is 11.7 Å². The third-order valence-electron chi connectivity index (χ3n) is 3.98. The summed E-state index contributed by atoms with van der Waals surface area (Å²) in [5.41, 5.74) is -1.21. The molecule has 0 aromatic heterocycles. The number of rotatable bonds is 9. The van der Waals surface area contributed by atoms with Gasteiger partial charge in [0.05, 0.1) is 13.0 Å². The van der Waals surface area contributed by atoms with Gasteiger partial charge in [-0.3, -0.25) is 9.59 Å². The molecular formula is C20H21NO7. The van der Waals surface area contributed by atoms with Gasteiger partial charge in [0.25, 0.3) is 5.91 Å². The van der Waals surface area contributed by atoms with Crippen LogP contribution in [0.4, 0.5) is 0 Å². The van der Waals surface area contributed by atoms with Gasteiger partial charge in [0.2, 0.25) is 0 Å². The average Bonchev–Trinajstić information content (AvgIpc) is 2.71. The number of benzene rings is 2. The van der Waals surface area contributed by atoms with Gasteiger partial charge >= 0.3 is 11.9 Å². The van der Waals surface area contributed by atoms with Crippen LogP contribution in [0, 0.1) is 0 Å². The number of carbonyl (C=O) groups is 3. The molecule has 2 aromatic rings. The summed E-state index contributed by atoms with van der Waals surface area (Å²) in [7, 11) is 0. The predicted octanol–water partition coefficient (Wildman–Crippen LogP) is 0.418. The second-order valence-corrected chi connectivity index (χ2v) is 5.98. The zero-order chi connectivity index (χ0) is 20.6. The molecule has 0 saturated carbocycles. The lowest BCUT2D eigenvalue weighted by molar-refractivity contribution is -0.158. The first-order chi connectivity index (χ1) is 13.4. The second-order valence-electron chi connectivity index (χ2n) is 5.98. The van der Waals surface area contributed by atoms with Crippen molar-refractivity contribution in [1.29, 1.82) is 0 Å². The summed E-state index contributed by atoms with van der Waals surface area (Å²) in [4.78, 5) is 34.7. The molecule has 0 aliphatic heterocycles. The Morgan fingerprint density at radius 2 is 1.46 bits per heavy atom. The van der Waals surface area contributed by atoms with Crippen LogP contribution in [-0.4, -0.2) is 52.4 Å². The highest BCUT2D eigenvalue weighted by atomic mass is 16.5. The first-order valence-electron chi connectivity index (χ1n) is 8.54. The molecule has 1 unspecified atom stereocenters. The number of hydrogen-bond donors (Lipinski definition) is 4. The van der Waals surface area contributed by atoms with Crippen LogP contribution in [0.5, 0.6) is 0 Å². The molecule has 2 aromatic carbocycles. The molecule has 148 valence electrons. The topological polar surface area (TPSA) is 133 Å². The monoisotopic (exact) mass is 387 g/mol. The molecule has 8 heteroatoms. The SMILES string of the molecule is O=C(O)CC(O)C(=O)OCCNC(=O)C(O)(c1ccccc1)c1ccccc1. The summed E-state index contributed by atoms with van der Waals surface area (Å²) in [5, 5.41) is 31.6. The molecule has 8 nitrogen and oxygen atoms in total. The van der Waals surface area contributed by atoms with E-state index >= 15 is 0 Å². The highest BCUT2D eigenvalue weighted by Gasteiger charge is 2.39. The van der Waals surface area contributed by atoms with Crippen molar-refractivity contribution >= 4 is 17.8 Å². The lowest BCUT2D eigenvalue weighted by Gasteiger charge is -2.28. The standard InChI is InChI=1S/C20H21NO7/c22-16(13-17(23)24)18(25)28-12-11-21-19(26)20(27,14-7-3-1-4-8-14)15-9-5-2-6-10-15/h1-10,16,22,27H,11-13H2,(H,21,26)(H,23,24). The Labute approximate surface area is 161 Å². The van der Waals surface area contributed by atoms with Crippen molar-refractivity contribution in [3.05, 3.63) is 71.8 Å². The van der Waals surface area contributed by atoms with E-state index in [4.69, 9.17) is 9.84 Å². The maximum Gasteiger partial charge on any atom is 0.335 e. The number of esters is 1. The minimum atomic E-state index is -1.95. The van der Waals surface area contributed by atoms with Crippen LogP contribution in [0.2, 0.25) is 0 Å². The molecule has 0 bridgehead atoms. The van der Waals surface area contributed by atoms with E-state index < -0.39 is 36.0 Å². The van der Waals surface area contributed by atoms with Crippen LogP contribution in [-0.2, 0) is 24.7 Å². The van der Waals surface area contributed by atoms with E-state index in [2.05, 4.69) is 5.32 Å². The van der Waals surface area contributed by atoms with Gasteiger partial charge < -0.3 is 25.4 Å². The maximum atomic E-state index is 12.8. The largest absolute Gasteiger partial charge is 0.481 e. The summed E-state index contributed by atoms with van der Waals surface area (Å²) >= 11 is 0.